The van der Waals surface area contributed by atoms with Crippen molar-refractivity contribution >= 4 is 5.69 Å². The molecule has 2 aromatic rings. The number of nitroso groups, excluding NO2 is 1. The zero-order valence-corrected chi connectivity index (χ0v) is 9.59. The molecule has 86 valence electrons. The first-order valence-corrected chi connectivity index (χ1v) is 5.40. The zero-order chi connectivity index (χ0) is 12.1. The van der Waals surface area contributed by atoms with Crippen LogP contribution in [0.5, 0.6) is 5.75 Å². The van der Waals surface area contributed by atoms with Crippen LogP contribution in [0.25, 0.3) is 0 Å². The number of ether oxygens (including phenoxy) is 1. The lowest BCUT2D eigenvalue weighted by Gasteiger charge is -2.06. The highest BCUT2D eigenvalue weighted by Gasteiger charge is 1.97. The fourth-order valence-electron chi connectivity index (χ4n) is 1.45. The van der Waals surface area contributed by atoms with Gasteiger partial charge >= 0.3 is 0 Å². The summed E-state index contributed by atoms with van der Waals surface area (Å²) in [7, 11) is 0. The van der Waals surface area contributed by atoms with Crippen molar-refractivity contribution in [3.8, 4) is 5.75 Å². The highest BCUT2D eigenvalue weighted by atomic mass is 16.5. The molecule has 0 heterocycles. The second-order valence-electron chi connectivity index (χ2n) is 3.86. The Morgan fingerprint density at radius 2 is 1.65 bits per heavy atom. The van der Waals surface area contributed by atoms with E-state index < -0.39 is 0 Å². The predicted molar refractivity (Wildman–Crippen MR) is 67.4 cm³/mol. The van der Waals surface area contributed by atoms with Crippen LogP contribution in [0, 0.1) is 11.8 Å². The van der Waals surface area contributed by atoms with Crippen LogP contribution >= 0.6 is 0 Å². The number of hydrogen-bond donors (Lipinski definition) is 0. The quantitative estimate of drug-likeness (QED) is 0.741. The maximum atomic E-state index is 10.2. The number of hydrogen-bond acceptors (Lipinski definition) is 3. The summed E-state index contributed by atoms with van der Waals surface area (Å²) in [6.45, 7) is 2.52. The fraction of sp³-hybridized carbons (Fsp3) is 0.143. The Morgan fingerprint density at radius 3 is 2.24 bits per heavy atom. The standard InChI is InChI=1S/C14H13NO2/c1-11-2-8-14(9-3-11)17-10-12-4-6-13(15-16)7-5-12/h2-9H,10H2,1H3. The minimum absolute atomic E-state index is 0.434. The smallest absolute Gasteiger partial charge is 0.119 e. The molecule has 2 aromatic carbocycles. The molecule has 17 heavy (non-hydrogen) atoms. The Kier molecular flexibility index (Phi) is 3.50. The molecule has 0 bridgehead atoms. The van der Waals surface area contributed by atoms with Gasteiger partial charge in [0.2, 0.25) is 0 Å². The van der Waals surface area contributed by atoms with E-state index in [0.717, 1.165) is 11.3 Å². The third-order valence-corrected chi connectivity index (χ3v) is 2.47. The number of benzene rings is 2. The van der Waals surface area contributed by atoms with Gasteiger partial charge in [-0.05, 0) is 41.9 Å². The van der Waals surface area contributed by atoms with Crippen molar-refractivity contribution in [2.24, 2.45) is 5.18 Å². The maximum Gasteiger partial charge on any atom is 0.119 e. The van der Waals surface area contributed by atoms with E-state index in [1.807, 2.05) is 43.3 Å². The van der Waals surface area contributed by atoms with Crippen LogP contribution in [-0.2, 0) is 6.61 Å². The predicted octanol–water partition coefficient (Wildman–Crippen LogP) is 3.97. The van der Waals surface area contributed by atoms with Gasteiger partial charge < -0.3 is 4.74 Å². The van der Waals surface area contributed by atoms with Crippen molar-refractivity contribution in [3.63, 3.8) is 0 Å². The molecule has 0 fully saturated rings. The van der Waals surface area contributed by atoms with E-state index in [1.54, 1.807) is 12.1 Å². The lowest BCUT2D eigenvalue weighted by Crippen LogP contribution is -1.94. The van der Waals surface area contributed by atoms with Gasteiger partial charge in [0, 0.05) is 0 Å². The average molecular weight is 227 g/mol. The summed E-state index contributed by atoms with van der Waals surface area (Å²) < 4.78 is 5.61. The van der Waals surface area contributed by atoms with E-state index in [-0.39, 0.29) is 0 Å². The summed E-state index contributed by atoms with van der Waals surface area (Å²) in [4.78, 5) is 10.2. The van der Waals surface area contributed by atoms with Gasteiger partial charge in [-0.2, -0.15) is 0 Å². The average Bonchev–Trinajstić information content (AvgIpc) is 2.39. The van der Waals surface area contributed by atoms with Crippen molar-refractivity contribution in [3.05, 3.63) is 64.6 Å². The molecule has 3 nitrogen and oxygen atoms in total. The molecule has 0 aliphatic heterocycles. The van der Waals surface area contributed by atoms with Gasteiger partial charge in [0.15, 0.2) is 0 Å². The highest BCUT2D eigenvalue weighted by molar-refractivity contribution is 5.38. The monoisotopic (exact) mass is 227 g/mol. The van der Waals surface area contributed by atoms with Crippen molar-refractivity contribution in [2.75, 3.05) is 0 Å². The molecule has 0 N–H and O–H groups in total. The third-order valence-electron chi connectivity index (χ3n) is 2.47. The van der Waals surface area contributed by atoms with Crippen molar-refractivity contribution in [1.29, 1.82) is 0 Å². The first-order chi connectivity index (χ1) is 8.28. The summed E-state index contributed by atoms with van der Waals surface area (Å²) in [5, 5.41) is 2.85. The molecular weight excluding hydrogens is 214 g/mol. The van der Waals surface area contributed by atoms with Crippen LogP contribution in [0.1, 0.15) is 11.1 Å². The van der Waals surface area contributed by atoms with E-state index in [4.69, 9.17) is 4.74 Å². The lowest BCUT2D eigenvalue weighted by atomic mass is 10.2. The molecule has 0 amide bonds. The van der Waals surface area contributed by atoms with Gasteiger partial charge in [-0.3, -0.25) is 0 Å². The van der Waals surface area contributed by atoms with E-state index in [1.165, 1.54) is 5.56 Å². The molecule has 0 radical (unpaired) electrons. The lowest BCUT2D eigenvalue weighted by molar-refractivity contribution is 0.306. The van der Waals surface area contributed by atoms with Gasteiger partial charge in [-0.1, -0.05) is 29.8 Å². The van der Waals surface area contributed by atoms with Gasteiger partial charge in [-0.25, -0.2) is 0 Å². The topological polar surface area (TPSA) is 38.7 Å². The maximum absolute atomic E-state index is 10.2. The van der Waals surface area contributed by atoms with Gasteiger partial charge in [0.05, 0.1) is 0 Å². The van der Waals surface area contributed by atoms with Crippen LogP contribution in [-0.4, -0.2) is 0 Å². The second kappa shape index (κ2) is 5.25. The number of nitrogens with zero attached hydrogens (tertiary/aromatic N) is 1. The summed E-state index contributed by atoms with van der Waals surface area (Å²) in [5.74, 6) is 0.841. The van der Waals surface area contributed by atoms with Crippen molar-refractivity contribution < 1.29 is 4.74 Å². The van der Waals surface area contributed by atoms with Crippen LogP contribution < -0.4 is 4.74 Å². The molecule has 0 aliphatic rings. The first kappa shape index (κ1) is 11.3. The van der Waals surface area contributed by atoms with Crippen molar-refractivity contribution in [1.82, 2.24) is 0 Å². The minimum atomic E-state index is 0.434. The van der Waals surface area contributed by atoms with Crippen LogP contribution in [0.2, 0.25) is 0 Å². The molecule has 0 atom stereocenters. The third kappa shape index (κ3) is 3.14. The Bertz CT molecular complexity index is 489. The number of aryl methyl sites for hydroxylation is 1. The molecule has 0 spiro atoms. The van der Waals surface area contributed by atoms with E-state index in [0.29, 0.717) is 12.3 Å². The van der Waals surface area contributed by atoms with Gasteiger partial charge in [0.1, 0.15) is 18.0 Å². The summed E-state index contributed by atoms with van der Waals surface area (Å²) in [6.07, 6.45) is 0. The van der Waals surface area contributed by atoms with Crippen LogP contribution in [0.3, 0.4) is 0 Å². The molecule has 2 rings (SSSR count). The Labute approximate surface area is 100 Å². The SMILES string of the molecule is Cc1ccc(OCc2ccc(N=O)cc2)cc1. The Morgan fingerprint density at radius 1 is 1.00 bits per heavy atom. The normalized spacial score (nSPS) is 9.94. The van der Waals surface area contributed by atoms with Crippen LogP contribution in [0.4, 0.5) is 5.69 Å². The fourth-order valence-corrected chi connectivity index (χ4v) is 1.45. The van der Waals surface area contributed by atoms with Crippen LogP contribution in [0.15, 0.2) is 53.7 Å². The molecule has 0 saturated carbocycles. The molecule has 3 heteroatoms. The minimum Gasteiger partial charge on any atom is -0.489 e. The molecule has 0 unspecified atom stereocenters. The molecule has 0 aliphatic carbocycles. The second-order valence-corrected chi connectivity index (χ2v) is 3.86. The molecule has 0 saturated heterocycles. The molecular formula is C14H13NO2. The van der Waals surface area contributed by atoms with Gasteiger partial charge in [-0.15, -0.1) is 4.91 Å². The largest absolute Gasteiger partial charge is 0.489 e. The van der Waals surface area contributed by atoms with Gasteiger partial charge in [0.25, 0.3) is 0 Å². The Balaban J connectivity index is 1.97. The van der Waals surface area contributed by atoms with E-state index in [9.17, 15) is 4.91 Å². The summed E-state index contributed by atoms with van der Waals surface area (Å²) >= 11 is 0. The number of rotatable bonds is 4. The Hall–Kier alpha value is -2.16. The highest BCUT2D eigenvalue weighted by Crippen LogP contribution is 2.16. The zero-order valence-electron chi connectivity index (χ0n) is 9.59. The van der Waals surface area contributed by atoms with E-state index >= 15 is 0 Å². The van der Waals surface area contributed by atoms with E-state index in [2.05, 4.69) is 5.18 Å². The molecule has 0 aromatic heterocycles. The van der Waals surface area contributed by atoms with Crippen molar-refractivity contribution in [2.45, 2.75) is 13.5 Å². The summed E-state index contributed by atoms with van der Waals surface area (Å²) in [5.41, 5.74) is 2.65. The summed E-state index contributed by atoms with van der Waals surface area (Å²) in [6, 6.07) is 14.9. The first-order valence-electron chi connectivity index (χ1n) is 5.40.